The van der Waals surface area contributed by atoms with Crippen molar-refractivity contribution in [2.24, 2.45) is 0 Å². The zero-order valence-corrected chi connectivity index (χ0v) is 13.4. The summed E-state index contributed by atoms with van der Waals surface area (Å²) in [6, 6.07) is 9.96. The first-order chi connectivity index (χ1) is 10.1. The summed E-state index contributed by atoms with van der Waals surface area (Å²) in [5, 5.41) is 0.680. The lowest BCUT2D eigenvalue weighted by Gasteiger charge is -2.09. The number of halogens is 1. The molecule has 1 aromatic carbocycles. The Morgan fingerprint density at radius 2 is 1.90 bits per heavy atom. The molecule has 0 radical (unpaired) electrons. The quantitative estimate of drug-likeness (QED) is 0.668. The zero-order chi connectivity index (χ0) is 15.0. The van der Waals surface area contributed by atoms with Crippen LogP contribution in [0.2, 0.25) is 0 Å². The normalized spacial score (nSPS) is 11.7. The molecule has 0 unspecified atom stereocenters. The van der Waals surface area contributed by atoms with E-state index in [1.54, 1.807) is 42.6 Å². The van der Waals surface area contributed by atoms with Gasteiger partial charge in [0.05, 0.1) is 18.2 Å². The Morgan fingerprint density at radius 1 is 1.19 bits per heavy atom. The van der Waals surface area contributed by atoms with Crippen molar-refractivity contribution >= 4 is 36.9 Å². The molecule has 0 aliphatic rings. The number of hydrogen-bond donors (Lipinski definition) is 0. The molecule has 0 spiro atoms. The Hall–Kier alpha value is -1.86. The fourth-order valence-electron chi connectivity index (χ4n) is 2.13. The molecule has 21 heavy (non-hydrogen) atoms. The molecular weight excluding hydrogens is 356 g/mol. The van der Waals surface area contributed by atoms with Crippen LogP contribution in [0.25, 0.3) is 10.9 Å². The Balaban J connectivity index is 2.32. The number of nitrogens with zero attached hydrogens (tertiary/aromatic N) is 2. The van der Waals surface area contributed by atoms with Crippen LogP contribution >= 0.6 is 15.9 Å². The van der Waals surface area contributed by atoms with Crippen LogP contribution in [-0.2, 0) is 10.0 Å². The fraction of sp³-hybridized carbons (Fsp3) is 0.0714. The van der Waals surface area contributed by atoms with Crippen LogP contribution in [0.1, 0.15) is 0 Å². The smallest absolute Gasteiger partial charge is 0.268 e. The number of hydrogen-bond acceptors (Lipinski definition) is 4. The summed E-state index contributed by atoms with van der Waals surface area (Å²) in [7, 11) is -2.16. The maximum atomic E-state index is 12.7. The summed E-state index contributed by atoms with van der Waals surface area (Å²) in [5.41, 5.74) is 0.457. The Kier molecular flexibility index (Phi) is 3.46. The van der Waals surface area contributed by atoms with E-state index in [0.29, 0.717) is 21.3 Å². The van der Waals surface area contributed by atoms with E-state index < -0.39 is 10.0 Å². The molecule has 0 N–H and O–H groups in total. The summed E-state index contributed by atoms with van der Waals surface area (Å²) < 4.78 is 32.3. The van der Waals surface area contributed by atoms with Crippen molar-refractivity contribution in [1.82, 2.24) is 8.96 Å². The van der Waals surface area contributed by atoms with Crippen molar-refractivity contribution in [2.75, 3.05) is 7.11 Å². The van der Waals surface area contributed by atoms with Crippen LogP contribution in [0.5, 0.6) is 5.75 Å². The van der Waals surface area contributed by atoms with E-state index in [1.807, 2.05) is 0 Å². The molecule has 7 heteroatoms. The molecular formula is C14H11BrN2O3S. The van der Waals surface area contributed by atoms with Crippen LogP contribution in [0.3, 0.4) is 0 Å². The number of pyridine rings is 1. The zero-order valence-electron chi connectivity index (χ0n) is 11.0. The van der Waals surface area contributed by atoms with E-state index in [-0.39, 0.29) is 4.90 Å². The molecule has 3 rings (SSSR count). The average molecular weight is 367 g/mol. The Morgan fingerprint density at radius 3 is 2.57 bits per heavy atom. The number of methoxy groups -OCH3 is 1. The van der Waals surface area contributed by atoms with Gasteiger partial charge < -0.3 is 4.74 Å². The van der Waals surface area contributed by atoms with Gasteiger partial charge in [-0.3, -0.25) is 0 Å². The minimum absolute atomic E-state index is 0.220. The second-order valence-electron chi connectivity index (χ2n) is 4.31. The van der Waals surface area contributed by atoms with E-state index in [2.05, 4.69) is 20.9 Å². The molecule has 0 saturated heterocycles. The highest BCUT2D eigenvalue weighted by atomic mass is 79.9. The van der Waals surface area contributed by atoms with Crippen molar-refractivity contribution in [3.8, 4) is 5.75 Å². The van der Waals surface area contributed by atoms with Gasteiger partial charge in [-0.1, -0.05) is 18.2 Å². The minimum Gasteiger partial charge on any atom is -0.494 e. The second-order valence-corrected chi connectivity index (χ2v) is 6.88. The predicted octanol–water partition coefficient (Wildman–Crippen LogP) is 3.04. The SMILES string of the molecule is COc1cnc(Br)c2c1ccn2S(=O)(=O)c1ccccc1. The van der Waals surface area contributed by atoms with Crippen LogP contribution in [0.4, 0.5) is 0 Å². The van der Waals surface area contributed by atoms with Crippen molar-refractivity contribution in [2.45, 2.75) is 4.90 Å². The summed E-state index contributed by atoms with van der Waals surface area (Å²) >= 11 is 3.30. The lowest BCUT2D eigenvalue weighted by molar-refractivity contribution is 0.418. The van der Waals surface area contributed by atoms with E-state index in [4.69, 9.17) is 4.74 Å². The monoisotopic (exact) mass is 366 g/mol. The van der Waals surface area contributed by atoms with Crippen molar-refractivity contribution in [3.05, 3.63) is 53.4 Å². The first-order valence-electron chi connectivity index (χ1n) is 6.06. The number of ether oxygens (including phenoxy) is 1. The first kappa shape index (κ1) is 14.1. The number of rotatable bonds is 3. The minimum atomic E-state index is -3.68. The van der Waals surface area contributed by atoms with Gasteiger partial charge in [-0.05, 0) is 34.1 Å². The Bertz CT molecular complexity index is 905. The maximum absolute atomic E-state index is 12.7. The van der Waals surface area contributed by atoms with Crippen LogP contribution in [0.15, 0.2) is 58.3 Å². The predicted molar refractivity (Wildman–Crippen MR) is 83.0 cm³/mol. The van der Waals surface area contributed by atoms with Crippen molar-refractivity contribution in [3.63, 3.8) is 0 Å². The molecule has 2 aromatic heterocycles. The van der Waals surface area contributed by atoms with E-state index in [1.165, 1.54) is 17.3 Å². The Labute approximate surface area is 130 Å². The molecule has 0 fully saturated rings. The summed E-state index contributed by atoms with van der Waals surface area (Å²) in [4.78, 5) is 4.34. The van der Waals surface area contributed by atoms with Gasteiger partial charge in [0.1, 0.15) is 15.9 Å². The molecule has 0 bridgehead atoms. The standard InChI is InChI=1S/C14H11BrN2O3S/c1-20-12-9-16-14(15)13-11(12)7-8-17(13)21(18,19)10-5-3-2-4-6-10/h2-9H,1H3. The lowest BCUT2D eigenvalue weighted by Crippen LogP contribution is -2.12. The highest BCUT2D eigenvalue weighted by Crippen LogP contribution is 2.32. The van der Waals surface area contributed by atoms with Crippen molar-refractivity contribution < 1.29 is 13.2 Å². The molecule has 0 atom stereocenters. The second kappa shape index (κ2) is 5.16. The third kappa shape index (κ3) is 2.22. The fourth-order valence-corrected chi connectivity index (χ4v) is 4.13. The number of benzene rings is 1. The highest BCUT2D eigenvalue weighted by molar-refractivity contribution is 9.10. The molecule has 5 nitrogen and oxygen atoms in total. The van der Waals surface area contributed by atoms with E-state index >= 15 is 0 Å². The lowest BCUT2D eigenvalue weighted by atomic mass is 10.3. The summed E-state index contributed by atoms with van der Waals surface area (Å²) in [6.07, 6.45) is 3.05. The third-order valence-corrected chi connectivity index (χ3v) is 5.40. The van der Waals surface area contributed by atoms with Gasteiger partial charge in [-0.25, -0.2) is 17.4 Å². The van der Waals surface area contributed by atoms with Gasteiger partial charge in [0.2, 0.25) is 0 Å². The van der Waals surface area contributed by atoms with Gasteiger partial charge in [-0.15, -0.1) is 0 Å². The van der Waals surface area contributed by atoms with Crippen LogP contribution in [0, 0.1) is 0 Å². The largest absolute Gasteiger partial charge is 0.494 e. The molecule has 0 aliphatic heterocycles. The van der Waals surface area contributed by atoms with Crippen LogP contribution < -0.4 is 4.74 Å². The molecule has 3 aromatic rings. The molecule has 0 aliphatic carbocycles. The van der Waals surface area contributed by atoms with Gasteiger partial charge in [0, 0.05) is 11.6 Å². The number of fused-ring (bicyclic) bond motifs is 1. The van der Waals surface area contributed by atoms with Gasteiger partial charge >= 0.3 is 0 Å². The molecule has 0 amide bonds. The maximum Gasteiger partial charge on any atom is 0.268 e. The summed E-state index contributed by atoms with van der Waals surface area (Å²) in [5.74, 6) is 0.523. The highest BCUT2D eigenvalue weighted by Gasteiger charge is 2.21. The molecule has 108 valence electrons. The molecule has 2 heterocycles. The summed E-state index contributed by atoms with van der Waals surface area (Å²) in [6.45, 7) is 0. The van der Waals surface area contributed by atoms with Crippen molar-refractivity contribution in [1.29, 1.82) is 0 Å². The van der Waals surface area contributed by atoms with Gasteiger partial charge in [0.25, 0.3) is 10.0 Å². The molecule has 0 saturated carbocycles. The first-order valence-corrected chi connectivity index (χ1v) is 8.29. The van der Waals surface area contributed by atoms with E-state index in [0.717, 1.165) is 0 Å². The van der Waals surface area contributed by atoms with Gasteiger partial charge in [0.15, 0.2) is 0 Å². The topological polar surface area (TPSA) is 61.2 Å². The van der Waals surface area contributed by atoms with Crippen LogP contribution in [-0.4, -0.2) is 24.5 Å². The van der Waals surface area contributed by atoms with Gasteiger partial charge in [-0.2, -0.15) is 0 Å². The average Bonchev–Trinajstić information content (AvgIpc) is 2.95. The number of aromatic nitrogens is 2. The van der Waals surface area contributed by atoms with E-state index in [9.17, 15) is 8.42 Å². The third-order valence-electron chi connectivity index (χ3n) is 3.13.